The maximum absolute atomic E-state index is 13.1. The van der Waals surface area contributed by atoms with E-state index in [9.17, 15) is 10.1 Å². The van der Waals surface area contributed by atoms with Gasteiger partial charge in [-0.3, -0.25) is 4.79 Å². The minimum Gasteiger partial charge on any atom is -0.497 e. The molecule has 1 N–H and O–H groups in total. The summed E-state index contributed by atoms with van der Waals surface area (Å²) in [6, 6.07) is 25.8. The highest BCUT2D eigenvalue weighted by atomic mass is 32.2. The van der Waals surface area contributed by atoms with Gasteiger partial charge in [0.25, 0.3) is 0 Å². The summed E-state index contributed by atoms with van der Waals surface area (Å²) in [5, 5.41) is 13.2. The molecule has 0 fully saturated rings. The van der Waals surface area contributed by atoms with Gasteiger partial charge in [0.15, 0.2) is 0 Å². The lowest BCUT2D eigenvalue weighted by Gasteiger charge is -2.16. The zero-order valence-corrected chi connectivity index (χ0v) is 22.4. The maximum atomic E-state index is 13.1. The van der Waals surface area contributed by atoms with E-state index < -0.39 is 5.25 Å². The number of carbonyl (C=O) groups is 1. The van der Waals surface area contributed by atoms with E-state index in [2.05, 4.69) is 11.4 Å². The SMILES string of the molecule is COc1ccc(-c2cc(-c3ccc(C)cc3)nc(S[C@@H](C)C(=O)Nc3ccc(C)c(C)c3)c2C#N)cc1. The number of nitriles is 1. The largest absolute Gasteiger partial charge is 0.497 e. The normalized spacial score (nSPS) is 11.5. The number of aromatic nitrogens is 1. The van der Waals surface area contributed by atoms with E-state index in [-0.39, 0.29) is 5.91 Å². The van der Waals surface area contributed by atoms with Crippen molar-refractivity contribution in [3.05, 3.63) is 95.1 Å². The summed E-state index contributed by atoms with van der Waals surface area (Å²) in [6.45, 7) is 7.92. The Morgan fingerprint density at radius 2 is 1.62 bits per heavy atom. The van der Waals surface area contributed by atoms with Crippen LogP contribution in [-0.4, -0.2) is 23.3 Å². The molecule has 186 valence electrons. The first-order valence-electron chi connectivity index (χ1n) is 12.0. The Morgan fingerprint density at radius 3 is 2.24 bits per heavy atom. The minimum atomic E-state index is -0.474. The number of pyridine rings is 1. The van der Waals surface area contributed by atoms with Crippen LogP contribution in [0.15, 0.2) is 77.8 Å². The van der Waals surface area contributed by atoms with Gasteiger partial charge in [0, 0.05) is 16.8 Å². The van der Waals surface area contributed by atoms with Crippen LogP contribution in [-0.2, 0) is 4.79 Å². The van der Waals surface area contributed by atoms with Crippen LogP contribution in [0.1, 0.15) is 29.2 Å². The quantitative estimate of drug-likeness (QED) is 0.265. The second-order valence-electron chi connectivity index (χ2n) is 8.99. The zero-order chi connectivity index (χ0) is 26.5. The third-order valence-electron chi connectivity index (χ3n) is 6.28. The van der Waals surface area contributed by atoms with Gasteiger partial charge in [-0.25, -0.2) is 4.98 Å². The maximum Gasteiger partial charge on any atom is 0.237 e. The molecule has 0 aliphatic carbocycles. The van der Waals surface area contributed by atoms with E-state index in [1.807, 2.05) is 100 Å². The molecule has 5 nitrogen and oxygen atoms in total. The molecule has 0 spiro atoms. The summed E-state index contributed by atoms with van der Waals surface area (Å²) < 4.78 is 5.31. The molecule has 0 saturated heterocycles. The molecule has 3 aromatic carbocycles. The molecule has 0 aliphatic heterocycles. The van der Waals surface area contributed by atoms with Gasteiger partial charge in [-0.15, -0.1) is 0 Å². The van der Waals surface area contributed by atoms with E-state index in [1.54, 1.807) is 7.11 Å². The topological polar surface area (TPSA) is 75.0 Å². The van der Waals surface area contributed by atoms with Crippen molar-refractivity contribution in [3.63, 3.8) is 0 Å². The van der Waals surface area contributed by atoms with Crippen molar-refractivity contribution >= 4 is 23.4 Å². The monoisotopic (exact) mass is 507 g/mol. The number of aryl methyl sites for hydroxylation is 3. The van der Waals surface area contributed by atoms with Crippen LogP contribution in [0.2, 0.25) is 0 Å². The molecule has 4 rings (SSSR count). The highest BCUT2D eigenvalue weighted by Gasteiger charge is 2.22. The molecule has 1 heterocycles. The zero-order valence-electron chi connectivity index (χ0n) is 21.6. The van der Waals surface area contributed by atoms with Crippen LogP contribution < -0.4 is 10.1 Å². The lowest BCUT2D eigenvalue weighted by molar-refractivity contribution is -0.115. The summed E-state index contributed by atoms with van der Waals surface area (Å²) in [4.78, 5) is 17.9. The number of benzene rings is 3. The highest BCUT2D eigenvalue weighted by molar-refractivity contribution is 8.00. The molecule has 6 heteroatoms. The molecule has 0 saturated carbocycles. The molecule has 0 radical (unpaired) electrons. The predicted molar refractivity (Wildman–Crippen MR) is 151 cm³/mol. The summed E-state index contributed by atoms with van der Waals surface area (Å²) in [5.74, 6) is 0.590. The number of hydrogen-bond acceptors (Lipinski definition) is 5. The Labute approximate surface area is 222 Å². The number of amides is 1. The Bertz CT molecular complexity index is 1470. The molecular weight excluding hydrogens is 478 g/mol. The number of thioether (sulfide) groups is 1. The second-order valence-corrected chi connectivity index (χ2v) is 10.3. The van der Waals surface area contributed by atoms with Gasteiger partial charge in [0.1, 0.15) is 16.8 Å². The van der Waals surface area contributed by atoms with E-state index in [0.29, 0.717) is 10.6 Å². The Kier molecular flexibility index (Phi) is 7.95. The number of ether oxygens (including phenoxy) is 1. The van der Waals surface area contributed by atoms with Gasteiger partial charge in [-0.1, -0.05) is 59.8 Å². The average molecular weight is 508 g/mol. The van der Waals surface area contributed by atoms with Crippen molar-refractivity contribution < 1.29 is 9.53 Å². The Balaban J connectivity index is 1.73. The number of hydrogen-bond donors (Lipinski definition) is 1. The van der Waals surface area contributed by atoms with Crippen molar-refractivity contribution in [2.24, 2.45) is 0 Å². The number of nitrogens with zero attached hydrogens (tertiary/aromatic N) is 2. The first kappa shape index (κ1) is 26.0. The van der Waals surface area contributed by atoms with Gasteiger partial charge in [0.05, 0.1) is 23.6 Å². The van der Waals surface area contributed by atoms with Gasteiger partial charge >= 0.3 is 0 Å². The van der Waals surface area contributed by atoms with Gasteiger partial charge < -0.3 is 10.1 Å². The fraction of sp³-hybridized carbons (Fsp3) is 0.194. The van der Waals surface area contributed by atoms with E-state index >= 15 is 0 Å². The molecule has 0 unspecified atom stereocenters. The highest BCUT2D eigenvalue weighted by Crippen LogP contribution is 2.36. The first-order chi connectivity index (χ1) is 17.8. The first-order valence-corrected chi connectivity index (χ1v) is 12.9. The van der Waals surface area contributed by atoms with Gasteiger partial charge in [-0.05, 0) is 74.7 Å². The molecule has 0 aliphatic rings. The van der Waals surface area contributed by atoms with Crippen LogP contribution in [0.5, 0.6) is 5.75 Å². The third kappa shape index (κ3) is 6.02. The minimum absolute atomic E-state index is 0.148. The predicted octanol–water partition coefficient (Wildman–Crippen LogP) is 7.34. The summed E-state index contributed by atoms with van der Waals surface area (Å²) >= 11 is 1.29. The molecule has 37 heavy (non-hydrogen) atoms. The van der Waals surface area contributed by atoms with Gasteiger partial charge in [-0.2, -0.15) is 5.26 Å². The van der Waals surface area contributed by atoms with Crippen LogP contribution in [0, 0.1) is 32.1 Å². The van der Waals surface area contributed by atoms with Crippen molar-refractivity contribution in [1.82, 2.24) is 4.98 Å². The van der Waals surface area contributed by atoms with Crippen LogP contribution in [0.3, 0.4) is 0 Å². The second kappa shape index (κ2) is 11.3. The molecular formula is C31H29N3O2S. The van der Waals surface area contributed by atoms with Gasteiger partial charge in [0.2, 0.25) is 5.91 Å². The van der Waals surface area contributed by atoms with Crippen molar-refractivity contribution in [3.8, 4) is 34.2 Å². The lowest BCUT2D eigenvalue weighted by Crippen LogP contribution is -2.22. The lowest BCUT2D eigenvalue weighted by atomic mass is 9.99. The number of nitrogens with one attached hydrogen (secondary N) is 1. The molecule has 1 aromatic heterocycles. The molecule has 1 amide bonds. The van der Waals surface area contributed by atoms with E-state index in [4.69, 9.17) is 9.72 Å². The number of methoxy groups -OCH3 is 1. The standard InChI is InChI=1S/C31H29N3O2S/c1-19-6-9-24(10-7-19)29-17-27(23-11-14-26(36-5)15-12-23)28(18-32)31(34-29)37-22(4)30(35)33-25-13-8-20(2)21(3)16-25/h6-17,22H,1-5H3,(H,33,35)/t22-/m0/s1. The van der Waals surface area contributed by atoms with Crippen molar-refractivity contribution in [2.45, 2.75) is 38.0 Å². The van der Waals surface area contributed by atoms with Crippen LogP contribution >= 0.6 is 11.8 Å². The number of rotatable bonds is 7. The Hall–Kier alpha value is -4.08. The Morgan fingerprint density at radius 1 is 0.946 bits per heavy atom. The van der Waals surface area contributed by atoms with Crippen molar-refractivity contribution in [1.29, 1.82) is 5.26 Å². The van der Waals surface area contributed by atoms with Crippen LogP contribution in [0.4, 0.5) is 5.69 Å². The van der Waals surface area contributed by atoms with E-state index in [1.165, 1.54) is 17.3 Å². The number of carbonyl (C=O) groups excluding carboxylic acids is 1. The van der Waals surface area contributed by atoms with E-state index in [0.717, 1.165) is 44.9 Å². The summed E-state index contributed by atoms with van der Waals surface area (Å²) in [7, 11) is 1.62. The fourth-order valence-electron chi connectivity index (χ4n) is 3.87. The van der Waals surface area contributed by atoms with Crippen molar-refractivity contribution in [2.75, 3.05) is 12.4 Å². The molecule has 1 atom stereocenters. The summed E-state index contributed by atoms with van der Waals surface area (Å²) in [6.07, 6.45) is 0. The van der Waals surface area contributed by atoms with Crippen LogP contribution in [0.25, 0.3) is 22.4 Å². The number of anilines is 1. The molecule has 4 aromatic rings. The molecule has 0 bridgehead atoms. The third-order valence-corrected chi connectivity index (χ3v) is 7.36. The summed E-state index contributed by atoms with van der Waals surface area (Å²) in [5.41, 5.74) is 7.95. The average Bonchev–Trinajstić information content (AvgIpc) is 2.90. The smallest absolute Gasteiger partial charge is 0.237 e. The fourth-order valence-corrected chi connectivity index (χ4v) is 4.79.